The molecule has 4 rings (SSSR count). The van der Waals surface area contributed by atoms with Crippen LogP contribution in [0.1, 0.15) is 48.0 Å². The number of aryl methyl sites for hydroxylation is 1. The number of nitrogens with one attached hydrogen (secondary N) is 1. The summed E-state index contributed by atoms with van der Waals surface area (Å²) in [6.07, 6.45) is 5.55. The third-order valence-corrected chi connectivity index (χ3v) is 4.83. The van der Waals surface area contributed by atoms with Crippen molar-refractivity contribution in [3.05, 3.63) is 42.0 Å². The fourth-order valence-electron chi connectivity index (χ4n) is 3.31. The van der Waals surface area contributed by atoms with Gasteiger partial charge in [0.15, 0.2) is 11.5 Å². The van der Waals surface area contributed by atoms with Gasteiger partial charge in [0.2, 0.25) is 0 Å². The number of rotatable bonds is 4. The highest BCUT2D eigenvalue weighted by atomic mass is 16.3. The number of nitrogens with zero attached hydrogens (tertiary/aromatic N) is 7. The first-order chi connectivity index (χ1) is 14.5. The lowest BCUT2D eigenvalue weighted by molar-refractivity contribution is -0.122. The van der Waals surface area contributed by atoms with Crippen LogP contribution in [-0.2, 0) is 4.79 Å². The lowest BCUT2D eigenvalue weighted by Crippen LogP contribution is -2.28. The molecule has 3 aromatic rings. The first-order valence-electron chi connectivity index (χ1n) is 9.44. The van der Waals surface area contributed by atoms with Gasteiger partial charge in [-0.3, -0.25) is 9.59 Å². The minimum absolute atomic E-state index is 0.250. The Bertz CT molecular complexity index is 992. The number of benzene rings is 1. The Morgan fingerprint density at radius 2 is 1.97 bits per heavy atom. The van der Waals surface area contributed by atoms with E-state index in [1.54, 1.807) is 27.7 Å². The van der Waals surface area contributed by atoms with E-state index in [2.05, 4.69) is 31.2 Å². The van der Waals surface area contributed by atoms with Crippen molar-refractivity contribution in [3.63, 3.8) is 0 Å². The van der Waals surface area contributed by atoms with Crippen molar-refractivity contribution in [2.24, 2.45) is 5.73 Å². The van der Waals surface area contributed by atoms with E-state index in [1.165, 1.54) is 0 Å². The fourth-order valence-corrected chi connectivity index (χ4v) is 3.31. The molecular weight excluding hydrogens is 390 g/mol. The van der Waals surface area contributed by atoms with Crippen molar-refractivity contribution in [3.8, 4) is 5.69 Å². The first kappa shape index (κ1) is 21.0. The van der Waals surface area contributed by atoms with E-state index < -0.39 is 0 Å². The molecule has 158 valence electrons. The second kappa shape index (κ2) is 9.69. The van der Waals surface area contributed by atoms with Crippen molar-refractivity contribution in [1.29, 1.82) is 0 Å². The molecule has 1 aromatic carbocycles. The third kappa shape index (κ3) is 5.03. The molecule has 2 heterocycles. The highest BCUT2D eigenvalue weighted by Crippen LogP contribution is 2.27. The second-order valence-corrected chi connectivity index (χ2v) is 6.90. The van der Waals surface area contributed by atoms with Gasteiger partial charge in [-0.05, 0) is 61.2 Å². The maximum atomic E-state index is 12.5. The van der Waals surface area contributed by atoms with Crippen molar-refractivity contribution in [1.82, 2.24) is 35.2 Å². The second-order valence-electron chi connectivity index (χ2n) is 6.90. The van der Waals surface area contributed by atoms with E-state index in [1.807, 2.05) is 19.1 Å². The summed E-state index contributed by atoms with van der Waals surface area (Å²) in [6, 6.07) is 7.81. The molecule has 4 N–H and O–H groups in total. The van der Waals surface area contributed by atoms with Gasteiger partial charge < -0.3 is 16.2 Å². The molecule has 0 unspecified atom stereocenters. The van der Waals surface area contributed by atoms with Gasteiger partial charge in [-0.15, -0.1) is 10.2 Å². The number of carbonyl (C=O) groups is 2. The summed E-state index contributed by atoms with van der Waals surface area (Å²) in [5, 5.41) is 29.3. The molecule has 1 aliphatic carbocycles. The fraction of sp³-hybridized carbons (Fsp3) is 0.389. The van der Waals surface area contributed by atoms with Crippen LogP contribution in [0.25, 0.3) is 5.69 Å². The van der Waals surface area contributed by atoms with Gasteiger partial charge in [-0.1, -0.05) is 11.3 Å². The Morgan fingerprint density at radius 3 is 2.63 bits per heavy atom. The molecule has 0 spiro atoms. The molecule has 30 heavy (non-hydrogen) atoms. The predicted octanol–water partition coefficient (Wildman–Crippen LogP) is 0.958. The molecule has 12 nitrogen and oxygen atoms in total. The summed E-state index contributed by atoms with van der Waals surface area (Å²) in [4.78, 5) is 20.9. The minimum atomic E-state index is -0.306. The van der Waals surface area contributed by atoms with Gasteiger partial charge in [-0.2, -0.15) is 4.68 Å². The van der Waals surface area contributed by atoms with Gasteiger partial charge in [-0.25, -0.2) is 4.68 Å². The lowest BCUT2D eigenvalue weighted by Gasteiger charge is -2.25. The Hall–Kier alpha value is -3.67. The van der Waals surface area contributed by atoms with Gasteiger partial charge in [0.05, 0.1) is 17.9 Å². The van der Waals surface area contributed by atoms with Crippen LogP contribution in [0.15, 0.2) is 30.5 Å². The summed E-state index contributed by atoms with van der Waals surface area (Å²) in [6.45, 7) is 1.56. The monoisotopic (exact) mass is 413 g/mol. The van der Waals surface area contributed by atoms with Crippen LogP contribution in [0.3, 0.4) is 0 Å². The molecular formula is C18H23N9O3. The topological polar surface area (TPSA) is 167 Å². The largest absolute Gasteiger partial charge is 0.483 e. The van der Waals surface area contributed by atoms with Gasteiger partial charge in [0.1, 0.15) is 0 Å². The number of carbonyl (C=O) groups excluding carboxylic acids is 1. The zero-order chi connectivity index (χ0) is 21.5. The summed E-state index contributed by atoms with van der Waals surface area (Å²) < 4.78 is 3.38. The SMILES string of the molecule is Cc1nnnn1-c1cccc(NC(=O)c2cn(C3CCC(N)CC3)nn2)c1.O=CO. The number of carboxylic acid groups (broad SMARTS) is 1. The zero-order valence-corrected chi connectivity index (χ0v) is 16.4. The van der Waals surface area contributed by atoms with Crippen LogP contribution in [0, 0.1) is 6.92 Å². The van der Waals surface area contributed by atoms with Crippen LogP contribution in [0.4, 0.5) is 5.69 Å². The number of aromatic nitrogens is 7. The molecule has 1 aliphatic rings. The molecule has 0 atom stereocenters. The number of hydrogen-bond donors (Lipinski definition) is 3. The number of amides is 1. The Morgan fingerprint density at radius 1 is 1.23 bits per heavy atom. The molecule has 2 aromatic heterocycles. The van der Waals surface area contributed by atoms with Crippen LogP contribution >= 0.6 is 0 Å². The van der Waals surface area contributed by atoms with Crippen LogP contribution in [0.5, 0.6) is 0 Å². The average Bonchev–Trinajstić information content (AvgIpc) is 3.39. The summed E-state index contributed by atoms with van der Waals surface area (Å²) in [5.74, 6) is 0.355. The average molecular weight is 413 g/mol. The third-order valence-electron chi connectivity index (χ3n) is 4.83. The molecule has 0 saturated heterocycles. The Kier molecular flexibility index (Phi) is 6.80. The van der Waals surface area contributed by atoms with Gasteiger partial charge in [0.25, 0.3) is 12.4 Å². The van der Waals surface area contributed by atoms with Crippen molar-refractivity contribution in [2.75, 3.05) is 5.32 Å². The maximum absolute atomic E-state index is 12.5. The Labute approximate surface area is 172 Å². The molecule has 1 saturated carbocycles. The summed E-state index contributed by atoms with van der Waals surface area (Å²) in [7, 11) is 0. The molecule has 0 radical (unpaired) electrons. The molecule has 0 bridgehead atoms. The van der Waals surface area contributed by atoms with Crippen molar-refractivity contribution in [2.45, 2.75) is 44.7 Å². The number of nitrogens with two attached hydrogens (primary N) is 1. The standard InChI is InChI=1S/C17H21N9O.CH2O2/c1-11-20-22-24-26(11)15-4-2-3-13(9-15)19-17(27)16-10-25(23-21-16)14-7-5-12(18)6-8-14;2-1-3/h2-4,9-10,12,14H,5-8,18H2,1H3,(H,19,27);1H,(H,2,3). The van der Waals surface area contributed by atoms with Crippen molar-refractivity contribution < 1.29 is 14.7 Å². The zero-order valence-electron chi connectivity index (χ0n) is 16.4. The normalized spacial score (nSPS) is 18.2. The van der Waals surface area contributed by atoms with E-state index in [4.69, 9.17) is 15.6 Å². The van der Waals surface area contributed by atoms with Crippen molar-refractivity contribution >= 4 is 18.1 Å². The lowest BCUT2D eigenvalue weighted by atomic mass is 9.92. The molecule has 1 fully saturated rings. The van der Waals surface area contributed by atoms with E-state index in [0.717, 1.165) is 31.4 Å². The van der Waals surface area contributed by atoms with Crippen LogP contribution in [0.2, 0.25) is 0 Å². The number of anilines is 1. The van der Waals surface area contributed by atoms with E-state index >= 15 is 0 Å². The highest BCUT2D eigenvalue weighted by molar-refractivity contribution is 6.02. The molecule has 1 amide bonds. The van der Waals surface area contributed by atoms with Crippen LogP contribution in [-0.4, -0.2) is 58.7 Å². The van der Waals surface area contributed by atoms with E-state index in [0.29, 0.717) is 11.5 Å². The maximum Gasteiger partial charge on any atom is 0.290 e. The smallest absolute Gasteiger partial charge is 0.290 e. The van der Waals surface area contributed by atoms with E-state index in [9.17, 15) is 4.79 Å². The highest BCUT2D eigenvalue weighted by Gasteiger charge is 2.22. The number of tetrazole rings is 1. The van der Waals surface area contributed by atoms with E-state index in [-0.39, 0.29) is 30.2 Å². The predicted molar refractivity (Wildman–Crippen MR) is 106 cm³/mol. The summed E-state index contributed by atoms with van der Waals surface area (Å²) >= 11 is 0. The van der Waals surface area contributed by atoms with Gasteiger partial charge >= 0.3 is 0 Å². The minimum Gasteiger partial charge on any atom is -0.483 e. The number of hydrogen-bond acceptors (Lipinski definition) is 8. The van der Waals surface area contributed by atoms with Crippen LogP contribution < -0.4 is 11.1 Å². The van der Waals surface area contributed by atoms with Gasteiger partial charge in [0, 0.05) is 11.7 Å². The quantitative estimate of drug-likeness (QED) is 0.528. The Balaban J connectivity index is 0.000000806. The first-order valence-corrected chi connectivity index (χ1v) is 9.44. The summed E-state index contributed by atoms with van der Waals surface area (Å²) in [5.41, 5.74) is 7.63. The molecule has 0 aliphatic heterocycles. The molecule has 12 heteroatoms.